The Bertz CT molecular complexity index is 399. The van der Waals surface area contributed by atoms with E-state index in [4.69, 9.17) is 0 Å². The quantitative estimate of drug-likeness (QED) is 0.648. The van der Waals surface area contributed by atoms with Crippen LogP contribution >= 0.6 is 11.3 Å². The van der Waals surface area contributed by atoms with Gasteiger partial charge in [0.25, 0.3) is 5.91 Å². The SMILES string of the molecule is C=C1Nc2c(C)csc2C(=O)N1F. The number of carbonyl (C=O) groups excluding carboxylic acids is 1. The highest BCUT2D eigenvalue weighted by Crippen LogP contribution is 2.34. The number of nitrogens with zero attached hydrogens (tertiary/aromatic N) is 1. The van der Waals surface area contributed by atoms with Gasteiger partial charge in [0.2, 0.25) is 0 Å². The molecule has 68 valence electrons. The van der Waals surface area contributed by atoms with Crippen LogP contribution in [-0.4, -0.2) is 11.0 Å². The minimum atomic E-state index is -0.642. The smallest absolute Gasteiger partial charge is 0.299 e. The number of anilines is 1. The summed E-state index contributed by atoms with van der Waals surface area (Å²) in [6, 6.07) is 0. The molecule has 1 aromatic rings. The molecule has 0 aliphatic carbocycles. The molecule has 1 N–H and O–H groups in total. The third kappa shape index (κ3) is 1.04. The Kier molecular flexibility index (Phi) is 1.63. The van der Waals surface area contributed by atoms with Gasteiger partial charge in [0.05, 0.1) is 5.69 Å². The van der Waals surface area contributed by atoms with Crippen molar-refractivity contribution in [3.63, 3.8) is 0 Å². The Balaban J connectivity index is 2.57. The van der Waals surface area contributed by atoms with Gasteiger partial charge < -0.3 is 5.32 Å². The molecule has 0 aromatic carbocycles. The maximum atomic E-state index is 13.0. The first kappa shape index (κ1) is 8.25. The molecule has 1 aliphatic heterocycles. The van der Waals surface area contributed by atoms with E-state index in [0.29, 0.717) is 10.6 Å². The van der Waals surface area contributed by atoms with Crippen molar-refractivity contribution >= 4 is 22.9 Å². The van der Waals surface area contributed by atoms with Crippen LogP contribution in [0, 0.1) is 6.92 Å². The molecule has 0 bridgehead atoms. The van der Waals surface area contributed by atoms with E-state index in [1.165, 1.54) is 11.3 Å². The van der Waals surface area contributed by atoms with Crippen molar-refractivity contribution in [1.29, 1.82) is 0 Å². The van der Waals surface area contributed by atoms with Gasteiger partial charge in [0.15, 0.2) is 0 Å². The van der Waals surface area contributed by atoms with E-state index in [2.05, 4.69) is 11.9 Å². The van der Waals surface area contributed by atoms with Crippen LogP contribution < -0.4 is 5.32 Å². The van der Waals surface area contributed by atoms with Crippen LogP contribution in [-0.2, 0) is 0 Å². The molecule has 1 amide bonds. The van der Waals surface area contributed by atoms with Crippen molar-refractivity contribution in [3.8, 4) is 0 Å². The topological polar surface area (TPSA) is 32.3 Å². The number of thiophene rings is 1. The molecule has 3 nitrogen and oxygen atoms in total. The van der Waals surface area contributed by atoms with Crippen LogP contribution in [0.25, 0.3) is 0 Å². The summed E-state index contributed by atoms with van der Waals surface area (Å²) in [6.07, 6.45) is 0. The van der Waals surface area contributed by atoms with Gasteiger partial charge in [-0.25, -0.2) is 0 Å². The standard InChI is InChI=1S/C8H7FN2OS/c1-4-3-13-7-6(4)10-5(2)11(9)8(7)12/h3,10H,2H2,1H3. The van der Waals surface area contributed by atoms with E-state index < -0.39 is 5.91 Å². The third-order valence-corrected chi connectivity index (χ3v) is 2.94. The molecule has 0 fully saturated rings. The molecule has 0 unspecified atom stereocenters. The first-order chi connectivity index (χ1) is 6.11. The molecule has 0 saturated heterocycles. The van der Waals surface area contributed by atoms with Crippen LogP contribution in [0.5, 0.6) is 0 Å². The van der Waals surface area contributed by atoms with Crippen LogP contribution in [0.1, 0.15) is 15.2 Å². The van der Waals surface area contributed by atoms with Gasteiger partial charge in [-0.1, -0.05) is 11.1 Å². The number of hydrogen-bond acceptors (Lipinski definition) is 3. The van der Waals surface area contributed by atoms with Crippen molar-refractivity contribution < 1.29 is 9.28 Å². The fourth-order valence-corrected chi connectivity index (χ4v) is 2.09. The monoisotopic (exact) mass is 198 g/mol. The average molecular weight is 198 g/mol. The lowest BCUT2D eigenvalue weighted by Gasteiger charge is -2.21. The van der Waals surface area contributed by atoms with Crippen LogP contribution in [0.3, 0.4) is 0 Å². The number of amides is 1. The second-order valence-corrected chi connectivity index (χ2v) is 3.66. The molecule has 2 rings (SSSR count). The molecule has 13 heavy (non-hydrogen) atoms. The Morgan fingerprint density at radius 1 is 1.69 bits per heavy atom. The lowest BCUT2D eigenvalue weighted by atomic mass is 10.2. The lowest BCUT2D eigenvalue weighted by molar-refractivity contribution is 0.0385. The zero-order chi connectivity index (χ0) is 9.59. The summed E-state index contributed by atoms with van der Waals surface area (Å²) in [6.45, 7) is 5.25. The number of halogens is 1. The van der Waals surface area contributed by atoms with Gasteiger partial charge in [0.1, 0.15) is 10.7 Å². The highest BCUT2D eigenvalue weighted by Gasteiger charge is 2.29. The zero-order valence-electron chi connectivity index (χ0n) is 6.93. The van der Waals surface area contributed by atoms with E-state index in [1.54, 1.807) is 0 Å². The second-order valence-electron chi connectivity index (χ2n) is 2.78. The zero-order valence-corrected chi connectivity index (χ0v) is 7.74. The van der Waals surface area contributed by atoms with E-state index in [-0.39, 0.29) is 10.9 Å². The Morgan fingerprint density at radius 2 is 2.38 bits per heavy atom. The minimum absolute atomic E-state index is 0.0261. The van der Waals surface area contributed by atoms with Crippen molar-refractivity contribution in [2.24, 2.45) is 0 Å². The predicted octanol–water partition coefficient (Wildman–Crippen LogP) is 2.28. The molecule has 0 atom stereocenters. The summed E-state index contributed by atoms with van der Waals surface area (Å²) in [5.74, 6) is -0.671. The molecular weight excluding hydrogens is 191 g/mol. The molecule has 1 aromatic heterocycles. The highest BCUT2D eigenvalue weighted by atomic mass is 32.1. The number of rotatable bonds is 0. The third-order valence-electron chi connectivity index (χ3n) is 1.85. The summed E-state index contributed by atoms with van der Waals surface area (Å²) >= 11 is 1.23. The Labute approximate surface area is 78.4 Å². The first-order valence-corrected chi connectivity index (χ1v) is 4.53. The van der Waals surface area contributed by atoms with Crippen LogP contribution in [0.4, 0.5) is 10.2 Å². The number of aryl methyl sites for hydroxylation is 1. The molecule has 2 heterocycles. The summed E-state index contributed by atoms with van der Waals surface area (Å²) in [7, 11) is 0. The average Bonchev–Trinajstić information content (AvgIpc) is 2.45. The van der Waals surface area contributed by atoms with E-state index >= 15 is 0 Å². The van der Waals surface area contributed by atoms with Gasteiger partial charge in [-0.3, -0.25) is 4.79 Å². The van der Waals surface area contributed by atoms with Gasteiger partial charge >= 0.3 is 0 Å². The normalized spacial score (nSPS) is 15.7. The van der Waals surface area contributed by atoms with Crippen molar-refractivity contribution in [2.45, 2.75) is 6.92 Å². The van der Waals surface area contributed by atoms with Crippen LogP contribution in [0.15, 0.2) is 17.8 Å². The summed E-state index contributed by atoms with van der Waals surface area (Å²) in [5.41, 5.74) is 1.61. The van der Waals surface area contributed by atoms with E-state index in [9.17, 15) is 9.28 Å². The Morgan fingerprint density at radius 3 is 3.08 bits per heavy atom. The number of carbonyl (C=O) groups is 1. The molecule has 0 spiro atoms. The molecule has 1 aliphatic rings. The molecular formula is C8H7FN2OS. The maximum Gasteiger partial charge on any atom is 0.299 e. The first-order valence-electron chi connectivity index (χ1n) is 3.65. The van der Waals surface area contributed by atoms with Crippen molar-refractivity contribution in [2.75, 3.05) is 5.32 Å². The lowest BCUT2D eigenvalue weighted by Crippen LogP contribution is -2.30. The number of nitrogens with one attached hydrogen (secondary N) is 1. The maximum absolute atomic E-state index is 13.0. The second kappa shape index (κ2) is 2.56. The summed E-state index contributed by atoms with van der Waals surface area (Å²) < 4.78 is 13.0. The summed E-state index contributed by atoms with van der Waals surface area (Å²) in [5, 5.41) is 4.57. The van der Waals surface area contributed by atoms with Gasteiger partial charge in [0, 0.05) is 0 Å². The highest BCUT2D eigenvalue weighted by molar-refractivity contribution is 7.13. The van der Waals surface area contributed by atoms with Gasteiger partial charge in [-0.05, 0) is 17.9 Å². The fourth-order valence-electron chi connectivity index (χ4n) is 1.16. The number of fused-ring (bicyclic) bond motifs is 1. The van der Waals surface area contributed by atoms with Gasteiger partial charge in [-0.15, -0.1) is 16.5 Å². The Hall–Kier alpha value is -1.36. The molecule has 0 saturated carbocycles. The van der Waals surface area contributed by atoms with E-state index in [0.717, 1.165) is 5.56 Å². The van der Waals surface area contributed by atoms with Crippen molar-refractivity contribution in [3.05, 3.63) is 28.2 Å². The number of hydrogen-bond donors (Lipinski definition) is 1. The van der Waals surface area contributed by atoms with E-state index in [1.807, 2.05) is 12.3 Å². The van der Waals surface area contributed by atoms with Crippen LogP contribution in [0.2, 0.25) is 0 Å². The fraction of sp³-hybridized carbons (Fsp3) is 0.125. The molecule has 0 radical (unpaired) electrons. The summed E-state index contributed by atoms with van der Waals surface area (Å²) in [4.78, 5) is 11.7. The molecule has 5 heteroatoms. The van der Waals surface area contributed by atoms with Crippen molar-refractivity contribution in [1.82, 2.24) is 5.12 Å². The minimum Gasteiger partial charge on any atom is -0.338 e. The largest absolute Gasteiger partial charge is 0.338 e. The van der Waals surface area contributed by atoms with Gasteiger partial charge in [-0.2, -0.15) is 0 Å². The predicted molar refractivity (Wildman–Crippen MR) is 49.1 cm³/mol.